The Kier molecular flexibility index (Phi) is 7.07. The summed E-state index contributed by atoms with van der Waals surface area (Å²) in [5, 5.41) is 16.6. The number of hydrogen-bond donors (Lipinski definition) is 1. The number of amides is 2. The molecule has 0 atom stereocenters. The molecule has 9 heteroatoms. The Morgan fingerprint density at radius 2 is 2.12 bits per heavy atom. The Labute approximate surface area is 151 Å². The number of nitrogens with zero attached hydrogens (tertiary/aromatic N) is 3. The summed E-state index contributed by atoms with van der Waals surface area (Å²) in [6, 6.07) is 5.76. The van der Waals surface area contributed by atoms with Gasteiger partial charge in [0.15, 0.2) is 6.61 Å². The van der Waals surface area contributed by atoms with Gasteiger partial charge in [-0.05, 0) is 18.9 Å². The number of nitro groups is 1. The van der Waals surface area contributed by atoms with Gasteiger partial charge >= 0.3 is 0 Å². The van der Waals surface area contributed by atoms with Crippen molar-refractivity contribution in [1.29, 1.82) is 0 Å². The van der Waals surface area contributed by atoms with Gasteiger partial charge in [0, 0.05) is 30.9 Å². The van der Waals surface area contributed by atoms with E-state index in [9.17, 15) is 19.7 Å². The summed E-state index contributed by atoms with van der Waals surface area (Å²) in [6.07, 6.45) is 6.33. The van der Waals surface area contributed by atoms with Crippen molar-refractivity contribution in [3.8, 4) is 0 Å². The van der Waals surface area contributed by atoms with Crippen LogP contribution in [-0.4, -0.2) is 47.5 Å². The predicted molar refractivity (Wildman–Crippen MR) is 95.8 cm³/mol. The quantitative estimate of drug-likeness (QED) is 0.454. The zero-order chi connectivity index (χ0) is 18.9. The van der Waals surface area contributed by atoms with Gasteiger partial charge in [-0.3, -0.25) is 19.7 Å². The first-order valence-corrected chi connectivity index (χ1v) is 8.44. The maximum atomic E-state index is 12.0. The van der Waals surface area contributed by atoms with Crippen LogP contribution in [0.3, 0.4) is 0 Å². The summed E-state index contributed by atoms with van der Waals surface area (Å²) in [6.45, 7) is -0.242. The Hall–Kier alpha value is -2.97. The number of nitrogens with one attached hydrogen (secondary N) is 1. The summed E-state index contributed by atoms with van der Waals surface area (Å²) in [4.78, 5) is 40.5. The van der Waals surface area contributed by atoms with Crippen LogP contribution in [0.25, 0.3) is 0 Å². The van der Waals surface area contributed by atoms with Crippen LogP contribution in [0.2, 0.25) is 0 Å². The molecule has 2 rings (SSSR count). The normalized spacial score (nSPS) is 14.8. The summed E-state index contributed by atoms with van der Waals surface area (Å²) < 4.78 is 0. The van der Waals surface area contributed by atoms with Gasteiger partial charge in [0.25, 0.3) is 17.5 Å². The molecule has 2 amide bonds. The van der Waals surface area contributed by atoms with Crippen molar-refractivity contribution in [3.63, 3.8) is 0 Å². The van der Waals surface area contributed by atoms with Crippen molar-refractivity contribution in [2.75, 3.05) is 19.0 Å². The Morgan fingerprint density at radius 1 is 1.38 bits per heavy atom. The maximum Gasteiger partial charge on any atom is 0.271 e. The fraction of sp³-hybridized carbons (Fsp3) is 0.471. The third kappa shape index (κ3) is 5.83. The van der Waals surface area contributed by atoms with Crippen LogP contribution in [-0.2, 0) is 14.4 Å². The van der Waals surface area contributed by atoms with Crippen molar-refractivity contribution < 1.29 is 19.3 Å². The number of rotatable bonds is 7. The number of anilines is 1. The van der Waals surface area contributed by atoms with Crippen LogP contribution in [0.4, 0.5) is 11.4 Å². The molecular formula is C17H22N4O5. The molecule has 0 heterocycles. The molecule has 0 radical (unpaired) electrons. The molecule has 1 N–H and O–H groups in total. The van der Waals surface area contributed by atoms with Gasteiger partial charge in [0.05, 0.1) is 4.92 Å². The Morgan fingerprint density at radius 3 is 2.81 bits per heavy atom. The van der Waals surface area contributed by atoms with Gasteiger partial charge in [0.1, 0.15) is 6.21 Å². The van der Waals surface area contributed by atoms with Crippen LogP contribution in [0.1, 0.15) is 32.1 Å². The largest absolute Gasteiger partial charge is 0.386 e. The number of non-ortho nitro benzene ring substituents is 1. The average molecular weight is 362 g/mol. The number of benzene rings is 1. The second kappa shape index (κ2) is 9.50. The monoisotopic (exact) mass is 362 g/mol. The SMILES string of the molecule is CN(C(=O)CO/N=C\C(=O)Nc1cccc([N+](=O)[O-])c1)C1CCCCC1. The van der Waals surface area contributed by atoms with Crippen LogP contribution >= 0.6 is 0 Å². The standard InChI is InChI=1S/C17H22N4O5/c1-20(14-7-3-2-4-8-14)17(23)12-26-18-11-16(22)19-13-6-5-9-15(10-13)21(24)25/h5-6,9-11,14H,2-4,7-8,12H2,1H3,(H,19,22)/b18-11-. The van der Waals surface area contributed by atoms with Crippen molar-refractivity contribution in [3.05, 3.63) is 34.4 Å². The van der Waals surface area contributed by atoms with Gasteiger partial charge in [-0.2, -0.15) is 0 Å². The van der Waals surface area contributed by atoms with Crippen LogP contribution in [0.5, 0.6) is 0 Å². The lowest BCUT2D eigenvalue weighted by molar-refractivity contribution is -0.384. The Balaban J connectivity index is 1.75. The van der Waals surface area contributed by atoms with E-state index in [0.717, 1.165) is 31.9 Å². The first-order valence-electron chi connectivity index (χ1n) is 8.44. The fourth-order valence-corrected chi connectivity index (χ4v) is 2.82. The lowest BCUT2D eigenvalue weighted by Gasteiger charge is -2.30. The first kappa shape index (κ1) is 19.4. The van der Waals surface area contributed by atoms with Gasteiger partial charge in [-0.15, -0.1) is 0 Å². The van der Waals surface area contributed by atoms with E-state index in [1.807, 2.05) is 0 Å². The molecule has 0 unspecified atom stereocenters. The molecule has 0 aromatic heterocycles. The van der Waals surface area contributed by atoms with E-state index in [1.165, 1.54) is 30.7 Å². The van der Waals surface area contributed by atoms with E-state index in [4.69, 9.17) is 4.84 Å². The van der Waals surface area contributed by atoms with E-state index in [0.29, 0.717) is 0 Å². The fourth-order valence-electron chi connectivity index (χ4n) is 2.82. The minimum atomic E-state index is -0.612. The second-order valence-corrected chi connectivity index (χ2v) is 6.10. The third-order valence-electron chi connectivity index (χ3n) is 4.27. The van der Waals surface area contributed by atoms with E-state index in [2.05, 4.69) is 10.5 Å². The van der Waals surface area contributed by atoms with Crippen LogP contribution in [0.15, 0.2) is 29.4 Å². The molecule has 140 valence electrons. The summed E-state index contributed by atoms with van der Waals surface area (Å²) in [7, 11) is 1.75. The smallest absolute Gasteiger partial charge is 0.271 e. The lowest BCUT2D eigenvalue weighted by atomic mass is 9.94. The molecule has 0 spiro atoms. The number of nitro benzene ring substituents is 1. The average Bonchev–Trinajstić information content (AvgIpc) is 2.65. The number of likely N-dealkylation sites (N-methyl/N-ethyl adjacent to an activating group) is 1. The zero-order valence-corrected chi connectivity index (χ0v) is 14.6. The highest BCUT2D eigenvalue weighted by molar-refractivity contribution is 6.31. The molecule has 1 aliphatic rings. The first-order chi connectivity index (χ1) is 12.5. The van der Waals surface area contributed by atoms with E-state index >= 15 is 0 Å². The third-order valence-corrected chi connectivity index (χ3v) is 4.27. The summed E-state index contributed by atoms with van der Waals surface area (Å²) >= 11 is 0. The topological polar surface area (TPSA) is 114 Å². The molecule has 1 aromatic rings. The summed E-state index contributed by atoms with van der Waals surface area (Å²) in [5.74, 6) is -0.799. The van der Waals surface area contributed by atoms with Gasteiger partial charge in [0.2, 0.25) is 0 Å². The lowest BCUT2D eigenvalue weighted by Crippen LogP contribution is -2.40. The highest BCUT2D eigenvalue weighted by atomic mass is 16.6. The molecule has 9 nitrogen and oxygen atoms in total. The molecule has 1 aromatic carbocycles. The molecule has 0 saturated heterocycles. The van der Waals surface area contributed by atoms with Gasteiger partial charge in [-0.1, -0.05) is 30.5 Å². The van der Waals surface area contributed by atoms with Crippen molar-refractivity contribution in [2.24, 2.45) is 5.16 Å². The molecule has 0 aliphatic heterocycles. The van der Waals surface area contributed by atoms with Gasteiger partial charge < -0.3 is 15.1 Å². The molecule has 0 bridgehead atoms. The molecule has 1 saturated carbocycles. The number of hydrogen-bond acceptors (Lipinski definition) is 6. The minimum Gasteiger partial charge on any atom is -0.386 e. The Bertz CT molecular complexity index is 685. The molecule has 1 fully saturated rings. The maximum absolute atomic E-state index is 12.0. The highest BCUT2D eigenvalue weighted by Crippen LogP contribution is 2.21. The molecule has 26 heavy (non-hydrogen) atoms. The number of carbonyl (C=O) groups is 2. The minimum absolute atomic E-state index is 0.132. The van der Waals surface area contributed by atoms with Crippen molar-refractivity contribution in [1.82, 2.24) is 4.90 Å². The van der Waals surface area contributed by atoms with Crippen LogP contribution in [0, 0.1) is 10.1 Å². The van der Waals surface area contributed by atoms with Crippen molar-refractivity contribution in [2.45, 2.75) is 38.1 Å². The van der Waals surface area contributed by atoms with Crippen LogP contribution < -0.4 is 5.32 Å². The zero-order valence-electron chi connectivity index (χ0n) is 14.6. The number of carbonyl (C=O) groups excluding carboxylic acids is 2. The molecular weight excluding hydrogens is 340 g/mol. The molecule has 1 aliphatic carbocycles. The van der Waals surface area contributed by atoms with E-state index in [1.54, 1.807) is 11.9 Å². The van der Waals surface area contributed by atoms with Gasteiger partial charge in [-0.25, -0.2) is 0 Å². The summed E-state index contributed by atoms with van der Waals surface area (Å²) in [5.41, 5.74) is 0.135. The second-order valence-electron chi connectivity index (χ2n) is 6.10. The predicted octanol–water partition coefficient (Wildman–Crippen LogP) is 2.33. The number of oxime groups is 1. The van der Waals surface area contributed by atoms with E-state index in [-0.39, 0.29) is 29.9 Å². The highest BCUT2D eigenvalue weighted by Gasteiger charge is 2.22. The van der Waals surface area contributed by atoms with Crippen molar-refractivity contribution >= 4 is 29.4 Å². The van der Waals surface area contributed by atoms with E-state index < -0.39 is 10.8 Å².